The molecule has 0 aliphatic heterocycles. The van der Waals surface area contributed by atoms with E-state index >= 15 is 0 Å². The van der Waals surface area contributed by atoms with E-state index in [1.807, 2.05) is 32.2 Å². The molecule has 150 valence electrons. The summed E-state index contributed by atoms with van der Waals surface area (Å²) in [6, 6.07) is 9.74. The van der Waals surface area contributed by atoms with Crippen LogP contribution in [0.25, 0.3) is 0 Å². The van der Waals surface area contributed by atoms with E-state index in [-0.39, 0.29) is 22.3 Å². The van der Waals surface area contributed by atoms with Crippen LogP contribution in [-0.2, 0) is 6.61 Å². The predicted molar refractivity (Wildman–Crippen MR) is 115 cm³/mol. The van der Waals surface area contributed by atoms with Gasteiger partial charge in [-0.05, 0) is 61.0 Å². The molecule has 0 saturated heterocycles. The highest BCUT2D eigenvalue weighted by Crippen LogP contribution is 2.28. The lowest BCUT2D eigenvalue weighted by atomic mass is 10.1. The van der Waals surface area contributed by atoms with E-state index in [0.717, 1.165) is 22.4 Å². The Bertz CT molecular complexity index is 1090. The summed E-state index contributed by atoms with van der Waals surface area (Å²) in [5.41, 5.74) is 4.30. The first-order chi connectivity index (χ1) is 13.7. The van der Waals surface area contributed by atoms with Crippen LogP contribution in [-0.4, -0.2) is 10.8 Å². The van der Waals surface area contributed by atoms with Gasteiger partial charge in [-0.25, -0.2) is 0 Å². The van der Waals surface area contributed by atoms with Crippen molar-refractivity contribution < 1.29 is 14.5 Å². The predicted octanol–water partition coefficient (Wildman–Crippen LogP) is 6.07. The van der Waals surface area contributed by atoms with E-state index < -0.39 is 4.92 Å². The fourth-order valence-corrected chi connectivity index (χ4v) is 3.75. The van der Waals surface area contributed by atoms with E-state index in [9.17, 15) is 14.9 Å². The van der Waals surface area contributed by atoms with Crippen LogP contribution >= 0.6 is 22.9 Å². The Balaban J connectivity index is 1.69. The van der Waals surface area contributed by atoms with Crippen molar-refractivity contribution in [1.82, 2.24) is 0 Å². The summed E-state index contributed by atoms with van der Waals surface area (Å²) >= 11 is 7.31. The van der Waals surface area contributed by atoms with Gasteiger partial charge in [0.25, 0.3) is 11.6 Å². The van der Waals surface area contributed by atoms with Gasteiger partial charge in [0.2, 0.25) is 0 Å². The molecule has 1 heterocycles. The number of carbonyl (C=O) groups excluding carboxylic acids is 1. The third kappa shape index (κ3) is 4.93. The topological polar surface area (TPSA) is 81.5 Å². The minimum atomic E-state index is -0.540. The summed E-state index contributed by atoms with van der Waals surface area (Å²) in [6.45, 7) is 6.41. The van der Waals surface area contributed by atoms with Gasteiger partial charge in [-0.2, -0.15) is 0 Å². The van der Waals surface area contributed by atoms with Crippen molar-refractivity contribution in [3.63, 3.8) is 0 Å². The molecule has 0 atom stereocenters. The molecule has 29 heavy (non-hydrogen) atoms. The van der Waals surface area contributed by atoms with Crippen molar-refractivity contribution >= 4 is 40.2 Å². The van der Waals surface area contributed by atoms with Gasteiger partial charge in [-0.3, -0.25) is 14.9 Å². The second kappa shape index (κ2) is 8.63. The number of hydrogen-bond donors (Lipinski definition) is 1. The summed E-state index contributed by atoms with van der Waals surface area (Å²) in [6.07, 6.45) is 0. The second-order valence-corrected chi connectivity index (χ2v) is 8.01. The van der Waals surface area contributed by atoms with Crippen LogP contribution in [0.3, 0.4) is 0 Å². The maximum Gasteiger partial charge on any atom is 0.271 e. The third-order valence-electron chi connectivity index (χ3n) is 4.44. The number of halogens is 1. The summed E-state index contributed by atoms with van der Waals surface area (Å²) in [5, 5.41) is 15.6. The first kappa shape index (κ1) is 20.8. The van der Waals surface area contributed by atoms with Gasteiger partial charge in [0, 0.05) is 17.7 Å². The Kier molecular flexibility index (Phi) is 6.20. The number of ether oxygens (including phenoxy) is 1. The number of nitro groups is 1. The van der Waals surface area contributed by atoms with E-state index in [4.69, 9.17) is 16.3 Å². The highest BCUT2D eigenvalue weighted by Gasteiger charge is 2.15. The van der Waals surface area contributed by atoms with E-state index in [1.54, 1.807) is 6.07 Å². The SMILES string of the molecule is Cc1cc(C)c(C)c(OCc2csc(C(=O)Nc3cc([N+](=O)[O-])ccc3Cl)c2)c1. The van der Waals surface area contributed by atoms with Gasteiger partial charge in [0.05, 0.1) is 20.5 Å². The smallest absolute Gasteiger partial charge is 0.271 e. The summed E-state index contributed by atoms with van der Waals surface area (Å²) in [4.78, 5) is 23.3. The first-order valence-electron chi connectivity index (χ1n) is 8.78. The number of non-ortho nitro benzene ring substituents is 1. The van der Waals surface area contributed by atoms with Gasteiger partial charge in [0.15, 0.2) is 0 Å². The molecule has 3 aromatic rings. The highest BCUT2D eigenvalue weighted by molar-refractivity contribution is 7.12. The average molecular weight is 431 g/mol. The van der Waals surface area contributed by atoms with Crippen molar-refractivity contribution in [2.75, 3.05) is 5.32 Å². The highest BCUT2D eigenvalue weighted by atomic mass is 35.5. The molecule has 6 nitrogen and oxygen atoms in total. The Morgan fingerprint density at radius 3 is 2.69 bits per heavy atom. The van der Waals surface area contributed by atoms with Crippen molar-refractivity contribution in [2.45, 2.75) is 27.4 Å². The molecule has 0 aliphatic carbocycles. The number of carbonyl (C=O) groups is 1. The van der Waals surface area contributed by atoms with E-state index in [2.05, 4.69) is 11.4 Å². The lowest BCUT2D eigenvalue weighted by molar-refractivity contribution is -0.384. The molecule has 0 fully saturated rings. The number of rotatable bonds is 6. The van der Waals surface area contributed by atoms with Crippen molar-refractivity contribution in [2.24, 2.45) is 0 Å². The largest absolute Gasteiger partial charge is 0.489 e. The minimum Gasteiger partial charge on any atom is -0.489 e. The minimum absolute atomic E-state index is 0.145. The zero-order valence-electron chi connectivity index (χ0n) is 16.1. The molecule has 0 aliphatic rings. The summed E-state index contributed by atoms with van der Waals surface area (Å²) < 4.78 is 5.94. The zero-order valence-corrected chi connectivity index (χ0v) is 17.7. The standard InChI is InChI=1S/C21H19ClN2O4S/c1-12-6-13(2)14(3)19(7-12)28-10-15-8-20(29-11-15)21(25)23-18-9-16(24(26)27)4-5-17(18)22/h4-9,11H,10H2,1-3H3,(H,23,25). The normalized spacial score (nSPS) is 10.6. The van der Waals surface area contributed by atoms with Crippen LogP contribution in [0.2, 0.25) is 5.02 Å². The van der Waals surface area contributed by atoms with Gasteiger partial charge in [-0.15, -0.1) is 11.3 Å². The fourth-order valence-electron chi connectivity index (χ4n) is 2.79. The van der Waals surface area contributed by atoms with Crippen molar-refractivity contribution in [3.05, 3.63) is 84.0 Å². The van der Waals surface area contributed by atoms with Crippen LogP contribution in [0.4, 0.5) is 11.4 Å². The molecule has 0 bridgehead atoms. The lowest BCUT2D eigenvalue weighted by Crippen LogP contribution is -2.11. The second-order valence-electron chi connectivity index (χ2n) is 6.69. The number of anilines is 1. The molecule has 0 spiro atoms. The Hall–Kier alpha value is -2.90. The number of thiophene rings is 1. The molecule has 2 aromatic carbocycles. The maximum atomic E-state index is 12.5. The molecule has 8 heteroatoms. The van der Waals surface area contributed by atoms with Gasteiger partial charge >= 0.3 is 0 Å². The van der Waals surface area contributed by atoms with Crippen LogP contribution < -0.4 is 10.1 Å². The lowest BCUT2D eigenvalue weighted by Gasteiger charge is -2.11. The van der Waals surface area contributed by atoms with E-state index in [0.29, 0.717) is 11.5 Å². The Morgan fingerprint density at radius 2 is 1.97 bits per heavy atom. The third-order valence-corrected chi connectivity index (χ3v) is 5.75. The fraction of sp³-hybridized carbons (Fsp3) is 0.190. The van der Waals surface area contributed by atoms with Crippen molar-refractivity contribution in [3.8, 4) is 5.75 Å². The van der Waals surface area contributed by atoms with Crippen LogP contribution in [0.5, 0.6) is 5.75 Å². The Labute approximate surface area is 177 Å². The van der Waals surface area contributed by atoms with Gasteiger partial charge in [0.1, 0.15) is 12.4 Å². The molecule has 3 rings (SSSR count). The monoisotopic (exact) mass is 430 g/mol. The quantitative estimate of drug-likeness (QED) is 0.380. The number of nitro benzene ring substituents is 1. The molecular formula is C21H19ClN2O4S. The Morgan fingerprint density at radius 1 is 1.21 bits per heavy atom. The zero-order chi connectivity index (χ0) is 21.1. The average Bonchev–Trinajstić information content (AvgIpc) is 3.14. The molecule has 0 unspecified atom stereocenters. The van der Waals surface area contributed by atoms with Crippen LogP contribution in [0.15, 0.2) is 41.8 Å². The van der Waals surface area contributed by atoms with Crippen molar-refractivity contribution in [1.29, 1.82) is 0 Å². The first-order valence-corrected chi connectivity index (χ1v) is 10.0. The van der Waals surface area contributed by atoms with Crippen LogP contribution in [0, 0.1) is 30.9 Å². The summed E-state index contributed by atoms with van der Waals surface area (Å²) in [7, 11) is 0. The number of hydrogen-bond acceptors (Lipinski definition) is 5. The molecule has 1 amide bonds. The number of amides is 1. The summed E-state index contributed by atoms with van der Waals surface area (Å²) in [5.74, 6) is 0.439. The van der Waals surface area contributed by atoms with Crippen LogP contribution in [0.1, 0.15) is 31.9 Å². The molecule has 0 radical (unpaired) electrons. The number of benzene rings is 2. The molecule has 0 saturated carbocycles. The number of aryl methyl sites for hydroxylation is 2. The van der Waals surface area contributed by atoms with Gasteiger partial charge < -0.3 is 10.1 Å². The maximum absolute atomic E-state index is 12.5. The van der Waals surface area contributed by atoms with Gasteiger partial charge in [-0.1, -0.05) is 17.7 Å². The number of nitrogens with one attached hydrogen (secondary N) is 1. The van der Waals surface area contributed by atoms with E-state index in [1.165, 1.54) is 35.1 Å². The molecular weight excluding hydrogens is 412 g/mol. The molecule has 1 N–H and O–H groups in total. The molecule has 1 aromatic heterocycles. The number of nitrogens with zero attached hydrogens (tertiary/aromatic N) is 1.